The number of nitrogen functional groups attached to an aromatic ring is 1. The zero-order valence-corrected chi connectivity index (χ0v) is 28.7. The Hall–Kier alpha value is -5.95. The highest BCUT2D eigenvalue weighted by molar-refractivity contribution is 6.31. The normalized spacial score (nSPS) is 14.6. The lowest BCUT2D eigenvalue weighted by Crippen LogP contribution is -2.20. The summed E-state index contributed by atoms with van der Waals surface area (Å²) in [6, 6.07) is 22.8. The smallest absolute Gasteiger partial charge is 0.257 e. The van der Waals surface area contributed by atoms with Crippen LogP contribution in [0, 0.1) is 11.6 Å². The van der Waals surface area contributed by atoms with E-state index >= 15 is 0 Å². The van der Waals surface area contributed by atoms with Gasteiger partial charge in [-0.1, -0.05) is 48.0 Å². The molecule has 11 nitrogen and oxygen atoms in total. The summed E-state index contributed by atoms with van der Waals surface area (Å²) in [4.78, 5) is 13.7. The van der Waals surface area contributed by atoms with Gasteiger partial charge in [0.2, 0.25) is 0 Å². The molecule has 0 bridgehead atoms. The van der Waals surface area contributed by atoms with Gasteiger partial charge in [-0.2, -0.15) is 9.97 Å². The highest BCUT2D eigenvalue weighted by Crippen LogP contribution is 2.38. The van der Waals surface area contributed by atoms with E-state index in [4.69, 9.17) is 27.3 Å². The van der Waals surface area contributed by atoms with E-state index in [-0.39, 0.29) is 10.7 Å². The van der Waals surface area contributed by atoms with E-state index in [0.29, 0.717) is 34.0 Å². The van der Waals surface area contributed by atoms with Gasteiger partial charge in [0.15, 0.2) is 0 Å². The predicted octanol–water partition coefficient (Wildman–Crippen LogP) is 8.02. The maximum absolute atomic E-state index is 14.3. The van der Waals surface area contributed by atoms with Crippen molar-refractivity contribution in [2.24, 2.45) is 0 Å². The molecule has 0 aliphatic carbocycles. The van der Waals surface area contributed by atoms with Crippen LogP contribution in [0.25, 0.3) is 33.4 Å². The fraction of sp³-hybridized carbons (Fsp3) is 0.211. The fourth-order valence-corrected chi connectivity index (χ4v) is 7.52. The molecule has 0 fully saturated rings. The van der Waals surface area contributed by atoms with E-state index in [1.54, 1.807) is 33.6 Å². The second-order valence-corrected chi connectivity index (χ2v) is 13.4. The van der Waals surface area contributed by atoms with Crippen LogP contribution in [0.4, 0.5) is 37.5 Å². The molecule has 0 unspecified atom stereocenters. The third kappa shape index (κ3) is 5.48. The Morgan fingerprint density at radius 1 is 0.615 bits per heavy atom. The first-order valence-electron chi connectivity index (χ1n) is 17.2. The quantitative estimate of drug-likeness (QED) is 0.178. The lowest BCUT2D eigenvalue weighted by molar-refractivity contribution is 0.630. The number of hydrogen-bond acceptors (Lipinski definition) is 9. The van der Waals surface area contributed by atoms with Gasteiger partial charge in [-0.25, -0.2) is 8.78 Å². The number of para-hydroxylation sites is 2. The molecule has 0 saturated heterocycles. The van der Waals surface area contributed by atoms with Crippen molar-refractivity contribution in [1.29, 1.82) is 0 Å². The monoisotopic (exact) mass is 715 g/mol. The lowest BCUT2D eigenvalue weighted by Gasteiger charge is -2.25. The van der Waals surface area contributed by atoms with E-state index in [9.17, 15) is 8.78 Å². The van der Waals surface area contributed by atoms with Gasteiger partial charge in [0.25, 0.3) is 11.6 Å². The predicted molar refractivity (Wildman–Crippen MR) is 199 cm³/mol. The van der Waals surface area contributed by atoms with E-state index in [0.717, 1.165) is 74.0 Å². The van der Waals surface area contributed by atoms with Crippen LogP contribution in [0.1, 0.15) is 36.8 Å². The first kappa shape index (κ1) is 32.0. The van der Waals surface area contributed by atoms with E-state index in [1.165, 1.54) is 23.3 Å². The molecule has 52 heavy (non-hydrogen) atoms. The van der Waals surface area contributed by atoms with Crippen LogP contribution in [0.2, 0.25) is 5.02 Å². The summed E-state index contributed by atoms with van der Waals surface area (Å²) in [5.41, 5.74) is 12.2. The van der Waals surface area contributed by atoms with Crippen molar-refractivity contribution < 1.29 is 8.78 Å². The zero-order chi connectivity index (χ0) is 35.3. The minimum absolute atomic E-state index is 0.0703. The summed E-state index contributed by atoms with van der Waals surface area (Å²) < 4.78 is 32.0. The Bertz CT molecular complexity index is 2460. The van der Waals surface area contributed by atoms with Gasteiger partial charge in [0.05, 0.1) is 21.7 Å². The van der Waals surface area contributed by atoms with Crippen LogP contribution < -0.4 is 15.5 Å². The summed E-state index contributed by atoms with van der Waals surface area (Å²) in [6.07, 6.45) is 9.48. The molecule has 14 heteroatoms. The number of halogens is 3. The van der Waals surface area contributed by atoms with Crippen molar-refractivity contribution in [1.82, 2.24) is 39.2 Å². The largest absolute Gasteiger partial charge is 0.396 e. The van der Waals surface area contributed by atoms with Crippen molar-refractivity contribution >= 4 is 73.7 Å². The number of hydrogen-bond donors (Lipinski definition) is 1. The number of benzene rings is 4. The second kappa shape index (κ2) is 13.0. The molecule has 8 aromatic rings. The molecule has 0 saturated carbocycles. The molecule has 0 amide bonds. The van der Waals surface area contributed by atoms with Crippen LogP contribution in [-0.2, 0) is 12.8 Å². The third-order valence-electron chi connectivity index (χ3n) is 9.86. The Morgan fingerprint density at radius 2 is 1.12 bits per heavy atom. The van der Waals surface area contributed by atoms with Gasteiger partial charge in [-0.3, -0.25) is 8.80 Å². The van der Waals surface area contributed by atoms with Crippen molar-refractivity contribution in [3.8, 4) is 0 Å². The highest BCUT2D eigenvalue weighted by atomic mass is 35.5. The summed E-state index contributed by atoms with van der Waals surface area (Å²) >= 11 is 6.04. The van der Waals surface area contributed by atoms with Crippen molar-refractivity contribution in [3.05, 3.63) is 113 Å². The van der Waals surface area contributed by atoms with E-state index in [2.05, 4.69) is 66.6 Å². The first-order chi connectivity index (χ1) is 25.4. The van der Waals surface area contributed by atoms with Gasteiger partial charge < -0.3 is 15.5 Å². The van der Waals surface area contributed by atoms with Crippen LogP contribution in [0.15, 0.2) is 85.5 Å². The van der Waals surface area contributed by atoms with Gasteiger partial charge >= 0.3 is 0 Å². The molecule has 6 heterocycles. The van der Waals surface area contributed by atoms with E-state index < -0.39 is 11.6 Å². The molecule has 2 N–H and O–H groups in total. The molecule has 260 valence electrons. The van der Waals surface area contributed by atoms with Crippen molar-refractivity contribution in [2.45, 2.75) is 38.5 Å². The van der Waals surface area contributed by atoms with Gasteiger partial charge in [-0.05, 0) is 86.1 Å². The second-order valence-electron chi connectivity index (χ2n) is 13.0. The molecular weight excluding hydrogens is 684 g/mol. The molecule has 2 aliphatic heterocycles. The molecular formula is C38H32ClF2N11. The number of rotatable bonds is 2. The number of fused-ring (bicyclic) bond motifs is 8. The number of nitrogens with zero attached hydrogens (tertiary/aromatic N) is 10. The zero-order valence-electron chi connectivity index (χ0n) is 27.9. The molecule has 2 aliphatic rings. The van der Waals surface area contributed by atoms with Gasteiger partial charge in [0.1, 0.15) is 35.9 Å². The first-order valence-corrected chi connectivity index (χ1v) is 17.6. The number of nitrogens with two attached hydrogens (primary N) is 1. The van der Waals surface area contributed by atoms with E-state index in [1.807, 2.05) is 12.1 Å². The number of anilines is 5. The molecule has 4 aromatic heterocycles. The average molecular weight is 716 g/mol. The number of aromatic nitrogens is 8. The maximum Gasteiger partial charge on any atom is 0.257 e. The standard InChI is InChI=1S/C19H15ClFN5.C19H17FN6/c20-14-10-17-13(9-15(14)21)18(23-19-24-22-11-26(17)19)25-8-4-3-6-12-5-1-2-7-16(12)25;20-14-9-13-17(10-15(14)21)26-11-22-24-19(26)23-18(13)25-8-4-3-6-12-5-1-2-7-16(12)25/h1-2,5,7,9-11H,3-4,6,8H2;1-2,5,7,9-11H,3-4,6,8,21H2. The third-order valence-corrected chi connectivity index (χ3v) is 10.1. The van der Waals surface area contributed by atoms with Crippen LogP contribution in [0.5, 0.6) is 0 Å². The van der Waals surface area contributed by atoms with Crippen molar-refractivity contribution in [2.75, 3.05) is 28.6 Å². The minimum Gasteiger partial charge on any atom is -0.396 e. The Labute approximate surface area is 301 Å². The lowest BCUT2D eigenvalue weighted by atomic mass is 10.1. The fourth-order valence-electron chi connectivity index (χ4n) is 7.37. The van der Waals surface area contributed by atoms with Crippen LogP contribution >= 0.6 is 11.6 Å². The molecule has 0 spiro atoms. The summed E-state index contributed by atoms with van der Waals surface area (Å²) in [5, 5.41) is 17.5. The maximum atomic E-state index is 14.3. The Kier molecular flexibility index (Phi) is 7.99. The molecule has 0 atom stereocenters. The molecule has 10 rings (SSSR count). The highest BCUT2D eigenvalue weighted by Gasteiger charge is 2.24. The summed E-state index contributed by atoms with van der Waals surface area (Å²) in [6.45, 7) is 1.63. The average Bonchev–Trinajstić information content (AvgIpc) is 3.72. The minimum atomic E-state index is -0.460. The van der Waals surface area contributed by atoms with Gasteiger partial charge in [-0.15, -0.1) is 20.4 Å². The Balaban J connectivity index is 0.000000138. The summed E-state index contributed by atoms with van der Waals surface area (Å²) in [7, 11) is 0. The van der Waals surface area contributed by atoms with Crippen LogP contribution in [-0.4, -0.2) is 52.3 Å². The SMILES string of the molecule is Fc1cc2c(N3CCCCc4ccccc43)nc3nncn3c2cc1Cl.Nc1cc2c(cc1F)c(N1CCCCc3ccccc31)nc1nncn12. The van der Waals surface area contributed by atoms with Crippen LogP contribution in [0.3, 0.4) is 0 Å². The molecule has 0 radical (unpaired) electrons. The van der Waals surface area contributed by atoms with Crippen molar-refractivity contribution in [3.63, 3.8) is 0 Å². The molecule has 4 aromatic carbocycles. The number of aryl methyl sites for hydroxylation is 2. The topological polar surface area (TPSA) is 119 Å². The Morgan fingerprint density at radius 3 is 1.67 bits per heavy atom. The summed E-state index contributed by atoms with van der Waals surface area (Å²) in [5.74, 6) is 1.41. The van der Waals surface area contributed by atoms with Gasteiger partial charge in [0, 0.05) is 35.2 Å².